The lowest BCUT2D eigenvalue weighted by atomic mass is 10.0. The van der Waals surface area contributed by atoms with Crippen LogP contribution in [0.4, 0.5) is 0 Å². The first-order chi connectivity index (χ1) is 11.4. The van der Waals surface area contributed by atoms with Gasteiger partial charge in [-0.3, -0.25) is 9.59 Å². The van der Waals surface area contributed by atoms with E-state index in [1.807, 2.05) is 23.9 Å². The maximum Gasteiger partial charge on any atom is 0.312 e. The summed E-state index contributed by atoms with van der Waals surface area (Å²) in [7, 11) is 1.59. The number of hydrogen-bond donors (Lipinski definition) is 0. The number of aromatic nitrogens is 2. The lowest BCUT2D eigenvalue weighted by Gasteiger charge is -2.21. The second-order valence-corrected chi connectivity index (χ2v) is 7.95. The molecule has 0 fully saturated rings. The van der Waals surface area contributed by atoms with Crippen molar-refractivity contribution in [3.05, 3.63) is 52.0 Å². The van der Waals surface area contributed by atoms with Gasteiger partial charge in [-0.15, -0.1) is 11.8 Å². The second-order valence-electron chi connectivity index (χ2n) is 6.31. The largest absolute Gasteiger partial charge is 0.461 e. The predicted molar refractivity (Wildman–Crippen MR) is 96.3 cm³/mol. The predicted octanol–water partition coefficient (Wildman–Crippen LogP) is 2.47. The average Bonchev–Trinajstić information content (AvgIpc) is 2.89. The number of carbonyl (C=O) groups is 1. The molecule has 5 nitrogen and oxygen atoms in total. The zero-order chi connectivity index (χ0) is 17.3. The van der Waals surface area contributed by atoms with Crippen LogP contribution in [0, 0.1) is 0 Å². The molecule has 0 bridgehead atoms. The van der Waals surface area contributed by atoms with Crippen molar-refractivity contribution in [2.75, 3.05) is 12.4 Å². The van der Waals surface area contributed by atoms with Gasteiger partial charge < -0.3 is 4.74 Å². The van der Waals surface area contributed by atoms with Crippen molar-refractivity contribution in [1.29, 1.82) is 0 Å². The van der Waals surface area contributed by atoms with Crippen molar-refractivity contribution < 1.29 is 9.53 Å². The molecule has 1 aromatic heterocycles. The highest BCUT2D eigenvalue weighted by molar-refractivity contribution is 8.01. The van der Waals surface area contributed by atoms with E-state index < -0.39 is 0 Å². The van der Waals surface area contributed by atoms with Gasteiger partial charge in [0.15, 0.2) is 0 Å². The van der Waals surface area contributed by atoms with Crippen molar-refractivity contribution in [2.45, 2.75) is 25.0 Å². The van der Waals surface area contributed by atoms with E-state index in [0.717, 1.165) is 11.3 Å². The summed E-state index contributed by atoms with van der Waals surface area (Å²) >= 11 is 1.83. The molecular formula is C18H20N2O3S. The zero-order valence-electron chi connectivity index (χ0n) is 14.0. The summed E-state index contributed by atoms with van der Waals surface area (Å²) in [5, 5.41) is 5.50. The van der Waals surface area contributed by atoms with Gasteiger partial charge in [0.25, 0.3) is 5.56 Å². The maximum absolute atomic E-state index is 12.2. The molecule has 0 spiro atoms. The van der Waals surface area contributed by atoms with Gasteiger partial charge in [-0.1, -0.05) is 24.3 Å². The first-order valence-electron chi connectivity index (χ1n) is 7.82. The van der Waals surface area contributed by atoms with Crippen LogP contribution in [0.3, 0.4) is 0 Å². The molecular weight excluding hydrogens is 324 g/mol. The standard InChI is InChI=1S/C18H20N2O3S/c1-18(2)12(8-9-24-18)11-23-16(21)10-15-13-6-4-5-7-14(13)17(22)20(3)19-15/h4-8H,9-11H2,1-3H3. The monoisotopic (exact) mass is 344 g/mol. The molecule has 6 heteroatoms. The molecule has 0 radical (unpaired) electrons. The molecule has 0 saturated heterocycles. The van der Waals surface area contributed by atoms with E-state index in [4.69, 9.17) is 4.74 Å². The molecule has 1 aliphatic heterocycles. The molecule has 24 heavy (non-hydrogen) atoms. The number of hydrogen-bond acceptors (Lipinski definition) is 5. The minimum absolute atomic E-state index is 0.0157. The minimum atomic E-state index is -0.333. The quantitative estimate of drug-likeness (QED) is 0.630. The zero-order valence-corrected chi connectivity index (χ0v) is 14.9. The van der Waals surface area contributed by atoms with Crippen LogP contribution in [-0.4, -0.2) is 32.9 Å². The normalized spacial score (nSPS) is 16.2. The average molecular weight is 344 g/mol. The van der Waals surface area contributed by atoms with Gasteiger partial charge in [0, 0.05) is 22.9 Å². The lowest BCUT2D eigenvalue weighted by Crippen LogP contribution is -2.24. The van der Waals surface area contributed by atoms with Crippen LogP contribution in [0.15, 0.2) is 40.7 Å². The van der Waals surface area contributed by atoms with E-state index in [1.165, 1.54) is 4.68 Å². The molecule has 0 amide bonds. The SMILES string of the molecule is Cn1nc(CC(=O)OCC2=CCSC2(C)C)c2ccccc2c1=O. The van der Waals surface area contributed by atoms with Gasteiger partial charge >= 0.3 is 5.97 Å². The molecule has 0 saturated carbocycles. The molecule has 2 aromatic rings. The fourth-order valence-corrected chi connectivity index (χ4v) is 3.80. The highest BCUT2D eigenvalue weighted by atomic mass is 32.2. The molecule has 1 aliphatic rings. The molecule has 0 atom stereocenters. The Hall–Kier alpha value is -2.08. The number of ether oxygens (including phenoxy) is 1. The first kappa shape index (κ1) is 16.8. The van der Waals surface area contributed by atoms with Crippen LogP contribution in [0.5, 0.6) is 0 Å². The Labute approximate surface area is 144 Å². The summed E-state index contributed by atoms with van der Waals surface area (Å²) in [5.74, 6) is 0.618. The Morgan fingerprint density at radius 2 is 2.04 bits per heavy atom. The third-order valence-corrected chi connectivity index (χ3v) is 5.60. The number of esters is 1. The van der Waals surface area contributed by atoms with Crippen LogP contribution < -0.4 is 5.56 Å². The Morgan fingerprint density at radius 3 is 2.71 bits per heavy atom. The van der Waals surface area contributed by atoms with E-state index in [2.05, 4.69) is 25.0 Å². The van der Waals surface area contributed by atoms with E-state index >= 15 is 0 Å². The van der Waals surface area contributed by atoms with Crippen molar-refractivity contribution in [3.8, 4) is 0 Å². The highest BCUT2D eigenvalue weighted by Crippen LogP contribution is 2.38. The third-order valence-electron chi connectivity index (χ3n) is 4.28. The molecule has 1 aromatic carbocycles. The minimum Gasteiger partial charge on any atom is -0.461 e. The van der Waals surface area contributed by atoms with Gasteiger partial charge in [-0.05, 0) is 25.5 Å². The molecule has 0 aliphatic carbocycles. The Morgan fingerprint density at radius 1 is 1.33 bits per heavy atom. The van der Waals surface area contributed by atoms with Crippen LogP contribution in [0.1, 0.15) is 19.5 Å². The topological polar surface area (TPSA) is 61.2 Å². The van der Waals surface area contributed by atoms with Crippen LogP contribution in [0.25, 0.3) is 10.8 Å². The number of rotatable bonds is 4. The Bertz CT molecular complexity index is 883. The van der Waals surface area contributed by atoms with E-state index in [0.29, 0.717) is 23.1 Å². The number of carbonyl (C=O) groups excluding carboxylic acids is 1. The molecule has 3 rings (SSSR count). The number of thioether (sulfide) groups is 1. The van der Waals surface area contributed by atoms with Gasteiger partial charge in [-0.25, -0.2) is 4.68 Å². The fourth-order valence-electron chi connectivity index (χ4n) is 2.77. The van der Waals surface area contributed by atoms with Crippen molar-refractivity contribution in [1.82, 2.24) is 9.78 Å². The van der Waals surface area contributed by atoms with E-state index in [-0.39, 0.29) is 22.7 Å². The summed E-state index contributed by atoms with van der Waals surface area (Å²) in [4.78, 5) is 24.3. The van der Waals surface area contributed by atoms with Gasteiger partial charge in [0.1, 0.15) is 6.61 Å². The maximum atomic E-state index is 12.2. The summed E-state index contributed by atoms with van der Waals surface area (Å²) in [5.41, 5.74) is 1.53. The van der Waals surface area contributed by atoms with Crippen molar-refractivity contribution in [2.24, 2.45) is 7.05 Å². The third kappa shape index (κ3) is 3.24. The van der Waals surface area contributed by atoms with Gasteiger partial charge in [-0.2, -0.15) is 5.10 Å². The summed E-state index contributed by atoms with van der Waals surface area (Å²) < 4.78 is 6.72. The number of aryl methyl sites for hydroxylation is 1. The summed E-state index contributed by atoms with van der Waals surface area (Å²) in [6.07, 6.45) is 2.17. The van der Waals surface area contributed by atoms with E-state index in [9.17, 15) is 9.59 Å². The molecule has 2 heterocycles. The number of fused-ring (bicyclic) bond motifs is 1. The smallest absolute Gasteiger partial charge is 0.312 e. The van der Waals surface area contributed by atoms with Crippen LogP contribution in [-0.2, 0) is 23.0 Å². The van der Waals surface area contributed by atoms with Crippen LogP contribution in [0.2, 0.25) is 0 Å². The second kappa shape index (κ2) is 6.43. The first-order valence-corrected chi connectivity index (χ1v) is 8.81. The molecule has 0 unspecified atom stereocenters. The Balaban J connectivity index is 1.77. The lowest BCUT2D eigenvalue weighted by molar-refractivity contribution is -0.141. The number of benzene rings is 1. The van der Waals surface area contributed by atoms with Gasteiger partial charge in [0.2, 0.25) is 0 Å². The summed E-state index contributed by atoms with van der Waals surface area (Å²) in [6, 6.07) is 7.20. The Kier molecular flexibility index (Phi) is 4.49. The molecule has 126 valence electrons. The van der Waals surface area contributed by atoms with E-state index in [1.54, 1.807) is 19.2 Å². The van der Waals surface area contributed by atoms with Crippen molar-refractivity contribution >= 4 is 28.5 Å². The fraction of sp³-hybridized carbons (Fsp3) is 0.389. The van der Waals surface area contributed by atoms with Gasteiger partial charge in [0.05, 0.1) is 17.5 Å². The van der Waals surface area contributed by atoms with Crippen LogP contribution >= 0.6 is 11.8 Å². The molecule has 0 N–H and O–H groups in total. The van der Waals surface area contributed by atoms with Crippen molar-refractivity contribution in [3.63, 3.8) is 0 Å². The highest BCUT2D eigenvalue weighted by Gasteiger charge is 2.28. The summed E-state index contributed by atoms with van der Waals surface area (Å²) in [6.45, 7) is 4.57. The number of nitrogens with zero attached hydrogens (tertiary/aromatic N) is 2.